The van der Waals surface area contributed by atoms with Gasteiger partial charge in [0.25, 0.3) is 0 Å². The van der Waals surface area contributed by atoms with Gasteiger partial charge in [0.05, 0.1) is 0 Å². The van der Waals surface area contributed by atoms with E-state index in [1.165, 1.54) is 11.3 Å². The minimum absolute atomic E-state index is 0.110. The van der Waals surface area contributed by atoms with Crippen molar-refractivity contribution >= 4 is 16.3 Å². The standard InChI is InChI=1S/C15H16N4O2S/c1-15(2,3)13-16-17-14-19(13)18-12(22-14)11-8-20-9-6-4-5-7-10(9)21-11/h4-7,11H,8H2,1-3H3/t11-/m1/s1. The molecular formula is C15H16N4O2S. The number of hydrogen-bond acceptors (Lipinski definition) is 6. The monoisotopic (exact) mass is 316 g/mol. The molecule has 7 heteroatoms. The summed E-state index contributed by atoms with van der Waals surface area (Å²) in [5.74, 6) is 2.38. The fourth-order valence-corrected chi connectivity index (χ4v) is 3.22. The van der Waals surface area contributed by atoms with E-state index in [0.29, 0.717) is 6.61 Å². The van der Waals surface area contributed by atoms with E-state index in [0.717, 1.165) is 27.3 Å². The zero-order chi connectivity index (χ0) is 15.3. The number of aromatic nitrogens is 4. The van der Waals surface area contributed by atoms with Crippen LogP contribution in [0.25, 0.3) is 4.96 Å². The average Bonchev–Trinajstić information content (AvgIpc) is 3.05. The third-order valence-corrected chi connectivity index (χ3v) is 4.45. The molecular weight excluding hydrogens is 300 g/mol. The van der Waals surface area contributed by atoms with E-state index in [4.69, 9.17) is 9.47 Å². The Labute approximate surface area is 131 Å². The van der Waals surface area contributed by atoms with Crippen molar-refractivity contribution in [2.75, 3.05) is 6.61 Å². The highest BCUT2D eigenvalue weighted by Gasteiger charge is 2.29. The minimum Gasteiger partial charge on any atom is -0.485 e. The molecule has 0 spiro atoms. The highest BCUT2D eigenvalue weighted by Crippen LogP contribution is 2.37. The van der Waals surface area contributed by atoms with Crippen molar-refractivity contribution < 1.29 is 9.47 Å². The molecule has 3 heterocycles. The van der Waals surface area contributed by atoms with Gasteiger partial charge in [-0.2, -0.15) is 9.61 Å². The lowest BCUT2D eigenvalue weighted by molar-refractivity contribution is 0.0904. The van der Waals surface area contributed by atoms with Gasteiger partial charge in [0, 0.05) is 5.41 Å². The van der Waals surface area contributed by atoms with Crippen molar-refractivity contribution in [3.05, 3.63) is 35.1 Å². The van der Waals surface area contributed by atoms with Crippen molar-refractivity contribution in [3.8, 4) is 11.5 Å². The van der Waals surface area contributed by atoms with E-state index in [-0.39, 0.29) is 11.5 Å². The van der Waals surface area contributed by atoms with Gasteiger partial charge >= 0.3 is 0 Å². The van der Waals surface area contributed by atoms with Gasteiger partial charge in [-0.25, -0.2) is 0 Å². The lowest BCUT2D eigenvalue weighted by Gasteiger charge is -2.24. The van der Waals surface area contributed by atoms with E-state index in [9.17, 15) is 0 Å². The molecule has 0 fully saturated rings. The molecule has 0 radical (unpaired) electrons. The molecule has 1 aliphatic heterocycles. The lowest BCUT2D eigenvalue weighted by Crippen LogP contribution is -2.22. The van der Waals surface area contributed by atoms with Crippen LogP contribution in [-0.4, -0.2) is 26.4 Å². The van der Waals surface area contributed by atoms with Gasteiger partial charge in [0.15, 0.2) is 28.4 Å². The Kier molecular flexibility index (Phi) is 2.87. The Morgan fingerprint density at radius 3 is 2.73 bits per heavy atom. The number of ether oxygens (including phenoxy) is 2. The number of benzene rings is 1. The molecule has 1 atom stereocenters. The van der Waals surface area contributed by atoms with E-state index >= 15 is 0 Å². The van der Waals surface area contributed by atoms with Crippen LogP contribution < -0.4 is 9.47 Å². The third kappa shape index (κ3) is 2.12. The first kappa shape index (κ1) is 13.5. The van der Waals surface area contributed by atoms with Crippen molar-refractivity contribution in [3.63, 3.8) is 0 Å². The van der Waals surface area contributed by atoms with Crippen molar-refractivity contribution in [1.29, 1.82) is 0 Å². The van der Waals surface area contributed by atoms with E-state index in [1.807, 2.05) is 28.8 Å². The summed E-state index contributed by atoms with van der Waals surface area (Å²) in [7, 11) is 0. The number of para-hydroxylation sites is 2. The van der Waals surface area contributed by atoms with Crippen LogP contribution in [0.2, 0.25) is 0 Å². The van der Waals surface area contributed by atoms with Crippen LogP contribution in [0, 0.1) is 0 Å². The maximum absolute atomic E-state index is 6.00. The summed E-state index contributed by atoms with van der Waals surface area (Å²) >= 11 is 1.49. The molecule has 0 saturated carbocycles. The summed E-state index contributed by atoms with van der Waals surface area (Å²) in [4.78, 5) is 0.780. The summed E-state index contributed by atoms with van der Waals surface area (Å²) in [6.45, 7) is 6.74. The molecule has 1 aromatic carbocycles. The zero-order valence-electron chi connectivity index (χ0n) is 12.6. The molecule has 4 rings (SSSR count). The zero-order valence-corrected chi connectivity index (χ0v) is 13.4. The summed E-state index contributed by atoms with van der Waals surface area (Å²) in [6, 6.07) is 7.67. The van der Waals surface area contributed by atoms with Gasteiger partial charge in [0.1, 0.15) is 6.61 Å². The summed E-state index contributed by atoms with van der Waals surface area (Å²) < 4.78 is 13.6. The molecule has 0 N–H and O–H groups in total. The highest BCUT2D eigenvalue weighted by molar-refractivity contribution is 7.16. The van der Waals surface area contributed by atoms with Gasteiger partial charge in [-0.3, -0.25) is 0 Å². The topological polar surface area (TPSA) is 61.5 Å². The van der Waals surface area contributed by atoms with Crippen LogP contribution in [-0.2, 0) is 5.41 Å². The molecule has 6 nitrogen and oxygen atoms in total. The molecule has 2 aromatic heterocycles. The minimum atomic E-state index is -0.214. The summed E-state index contributed by atoms with van der Waals surface area (Å²) in [5.41, 5.74) is -0.110. The Balaban J connectivity index is 1.70. The van der Waals surface area contributed by atoms with Crippen LogP contribution in [0.15, 0.2) is 24.3 Å². The first-order valence-electron chi connectivity index (χ1n) is 7.13. The van der Waals surface area contributed by atoms with Crippen LogP contribution in [0.1, 0.15) is 37.7 Å². The smallest absolute Gasteiger partial charge is 0.234 e. The number of hydrogen-bond donors (Lipinski definition) is 0. The Bertz CT molecular complexity index is 834. The lowest BCUT2D eigenvalue weighted by atomic mass is 9.96. The highest BCUT2D eigenvalue weighted by atomic mass is 32.1. The molecule has 0 amide bonds. The fourth-order valence-electron chi connectivity index (χ4n) is 2.37. The molecule has 3 aromatic rings. The largest absolute Gasteiger partial charge is 0.485 e. The van der Waals surface area contributed by atoms with Crippen molar-refractivity contribution in [2.24, 2.45) is 0 Å². The van der Waals surface area contributed by atoms with Gasteiger partial charge in [-0.1, -0.05) is 44.2 Å². The normalized spacial score (nSPS) is 17.9. The molecule has 0 bridgehead atoms. The molecule has 114 valence electrons. The predicted octanol–water partition coefficient (Wildman–Crippen LogP) is 3.00. The molecule has 0 aliphatic carbocycles. The van der Waals surface area contributed by atoms with Gasteiger partial charge in [-0.05, 0) is 12.1 Å². The number of nitrogens with zero attached hydrogens (tertiary/aromatic N) is 4. The van der Waals surface area contributed by atoms with Crippen LogP contribution in [0.5, 0.6) is 11.5 Å². The maximum Gasteiger partial charge on any atom is 0.234 e. The first-order chi connectivity index (χ1) is 10.5. The average molecular weight is 316 g/mol. The summed E-state index contributed by atoms with van der Waals surface area (Å²) in [5, 5.41) is 13.9. The maximum atomic E-state index is 6.00. The Morgan fingerprint density at radius 1 is 1.18 bits per heavy atom. The van der Waals surface area contributed by atoms with Crippen LogP contribution >= 0.6 is 11.3 Å². The van der Waals surface area contributed by atoms with Crippen LogP contribution in [0.3, 0.4) is 0 Å². The second-order valence-electron chi connectivity index (χ2n) is 6.27. The van der Waals surface area contributed by atoms with Crippen LogP contribution in [0.4, 0.5) is 0 Å². The van der Waals surface area contributed by atoms with Gasteiger partial charge < -0.3 is 9.47 Å². The Morgan fingerprint density at radius 2 is 1.95 bits per heavy atom. The molecule has 1 aliphatic rings. The quantitative estimate of drug-likeness (QED) is 0.690. The number of rotatable bonds is 1. The van der Waals surface area contributed by atoms with E-state index < -0.39 is 0 Å². The predicted molar refractivity (Wildman–Crippen MR) is 82.7 cm³/mol. The second-order valence-corrected chi connectivity index (χ2v) is 7.26. The van der Waals surface area contributed by atoms with Gasteiger partial charge in [0.2, 0.25) is 4.96 Å². The van der Waals surface area contributed by atoms with Crippen molar-refractivity contribution in [1.82, 2.24) is 19.8 Å². The fraction of sp³-hybridized carbons (Fsp3) is 0.400. The molecule has 0 unspecified atom stereocenters. The van der Waals surface area contributed by atoms with Crippen molar-refractivity contribution in [2.45, 2.75) is 32.3 Å². The number of fused-ring (bicyclic) bond motifs is 2. The SMILES string of the molecule is CC(C)(C)c1nnc2sc([C@H]3COc4ccccc4O3)nn12. The Hall–Kier alpha value is -2.15. The van der Waals surface area contributed by atoms with E-state index in [2.05, 4.69) is 36.1 Å². The second kappa shape index (κ2) is 4.67. The molecule has 0 saturated heterocycles. The van der Waals surface area contributed by atoms with E-state index in [1.54, 1.807) is 0 Å². The third-order valence-electron chi connectivity index (χ3n) is 3.46. The first-order valence-corrected chi connectivity index (χ1v) is 7.95. The van der Waals surface area contributed by atoms with Gasteiger partial charge in [-0.15, -0.1) is 10.2 Å². The molecule has 22 heavy (non-hydrogen) atoms. The summed E-state index contributed by atoms with van der Waals surface area (Å²) in [6.07, 6.45) is -0.214.